The molecule has 0 N–H and O–H groups in total. The van der Waals surface area contributed by atoms with Crippen molar-refractivity contribution in [3.63, 3.8) is 0 Å². The van der Waals surface area contributed by atoms with Gasteiger partial charge < -0.3 is 14.2 Å². The van der Waals surface area contributed by atoms with Gasteiger partial charge in [0.15, 0.2) is 15.8 Å². The van der Waals surface area contributed by atoms with Gasteiger partial charge in [0.05, 0.1) is 17.2 Å². The minimum Gasteiger partial charge on any atom is -0.490 e. The maximum absolute atomic E-state index is 13.0. The number of nitrogens with zero attached hydrogens (tertiary/aromatic N) is 1. The average Bonchev–Trinajstić information content (AvgIpc) is 3.12. The number of hydrogen-bond donors (Lipinski definition) is 0. The number of para-hydroxylation sites is 1. The highest BCUT2D eigenvalue weighted by molar-refractivity contribution is 8.27. The van der Waals surface area contributed by atoms with Crippen molar-refractivity contribution in [1.82, 2.24) is 0 Å². The summed E-state index contributed by atoms with van der Waals surface area (Å²) in [6.07, 6.45) is 1.83. The van der Waals surface area contributed by atoms with E-state index in [9.17, 15) is 4.79 Å². The van der Waals surface area contributed by atoms with E-state index in [1.807, 2.05) is 80.6 Å². The Labute approximate surface area is 215 Å². The Morgan fingerprint density at radius 1 is 0.886 bits per heavy atom. The summed E-state index contributed by atoms with van der Waals surface area (Å²) in [6, 6.07) is 21.2. The Kier molecular flexibility index (Phi) is 8.10. The fourth-order valence-electron chi connectivity index (χ4n) is 3.69. The quantitative estimate of drug-likeness (QED) is 0.186. The molecule has 0 atom stereocenters. The maximum atomic E-state index is 13.0. The summed E-state index contributed by atoms with van der Waals surface area (Å²) >= 11 is 6.75. The molecule has 0 radical (unpaired) electrons. The van der Waals surface area contributed by atoms with Crippen LogP contribution in [-0.2, 0) is 4.79 Å². The van der Waals surface area contributed by atoms with Crippen LogP contribution >= 0.6 is 24.0 Å². The Bertz CT molecular complexity index is 1260. The van der Waals surface area contributed by atoms with Gasteiger partial charge in [0, 0.05) is 0 Å². The standard InChI is InChI=1S/C28H27NO4S2/c1-4-31-25-17-21(18-26-27(30)29(28(34)35-26)22-8-6-5-7-9-22)11-13-24(25)33-15-14-32-23-12-10-19(2)16-20(23)3/h5-13,16-18H,4,14-15H2,1-3H3. The van der Waals surface area contributed by atoms with Crippen LogP contribution in [0.5, 0.6) is 17.2 Å². The molecule has 4 rings (SSSR count). The van der Waals surface area contributed by atoms with Gasteiger partial charge in [0.1, 0.15) is 19.0 Å². The van der Waals surface area contributed by atoms with Crippen LogP contribution in [-0.4, -0.2) is 30.0 Å². The number of aryl methyl sites for hydroxylation is 2. The predicted molar refractivity (Wildman–Crippen MR) is 147 cm³/mol. The smallest absolute Gasteiger partial charge is 0.270 e. The maximum Gasteiger partial charge on any atom is 0.270 e. The predicted octanol–water partition coefficient (Wildman–Crippen LogP) is 6.57. The van der Waals surface area contributed by atoms with E-state index >= 15 is 0 Å². The second kappa shape index (κ2) is 11.4. The molecule has 0 aromatic heterocycles. The molecule has 0 saturated carbocycles. The highest BCUT2D eigenvalue weighted by Gasteiger charge is 2.33. The Hall–Kier alpha value is -3.29. The zero-order chi connectivity index (χ0) is 24.8. The first-order valence-electron chi connectivity index (χ1n) is 11.4. The van der Waals surface area contributed by atoms with Gasteiger partial charge in [-0.05, 0) is 68.3 Å². The highest BCUT2D eigenvalue weighted by Crippen LogP contribution is 2.37. The van der Waals surface area contributed by atoms with Crippen LogP contribution in [0.2, 0.25) is 0 Å². The molecule has 3 aromatic rings. The minimum atomic E-state index is -0.131. The fraction of sp³-hybridized carbons (Fsp3) is 0.214. The van der Waals surface area contributed by atoms with E-state index < -0.39 is 0 Å². The van der Waals surface area contributed by atoms with E-state index in [0.717, 1.165) is 22.6 Å². The summed E-state index contributed by atoms with van der Waals surface area (Å²) in [5.41, 5.74) is 3.90. The third-order valence-electron chi connectivity index (χ3n) is 5.30. The second-order valence-corrected chi connectivity index (χ2v) is 9.63. The summed E-state index contributed by atoms with van der Waals surface area (Å²) in [6.45, 7) is 7.30. The molecule has 35 heavy (non-hydrogen) atoms. The SMILES string of the molecule is CCOc1cc(C=C2SC(=S)N(c3ccccc3)C2=O)ccc1OCCOc1ccc(C)cc1C. The molecule has 1 aliphatic rings. The molecule has 1 amide bonds. The lowest BCUT2D eigenvalue weighted by molar-refractivity contribution is -0.113. The first-order chi connectivity index (χ1) is 17.0. The number of thiocarbonyl (C=S) groups is 1. The zero-order valence-corrected chi connectivity index (χ0v) is 21.6. The third kappa shape index (κ3) is 6.05. The lowest BCUT2D eigenvalue weighted by atomic mass is 10.1. The normalized spacial score (nSPS) is 14.5. The number of benzene rings is 3. The van der Waals surface area contributed by atoms with Crippen molar-refractivity contribution < 1.29 is 19.0 Å². The van der Waals surface area contributed by atoms with Crippen molar-refractivity contribution >= 4 is 46.0 Å². The molecule has 7 heteroatoms. The lowest BCUT2D eigenvalue weighted by Crippen LogP contribution is -2.27. The van der Waals surface area contributed by atoms with Gasteiger partial charge in [0.25, 0.3) is 5.91 Å². The zero-order valence-electron chi connectivity index (χ0n) is 19.9. The van der Waals surface area contributed by atoms with Crippen LogP contribution in [0, 0.1) is 13.8 Å². The number of amides is 1. The van der Waals surface area contributed by atoms with Crippen molar-refractivity contribution in [3.8, 4) is 17.2 Å². The summed E-state index contributed by atoms with van der Waals surface area (Å²) in [5.74, 6) is 1.97. The number of carbonyl (C=O) groups is 1. The van der Waals surface area contributed by atoms with Crippen LogP contribution in [0.15, 0.2) is 71.6 Å². The van der Waals surface area contributed by atoms with E-state index in [0.29, 0.717) is 40.5 Å². The summed E-state index contributed by atoms with van der Waals surface area (Å²) in [7, 11) is 0. The Morgan fingerprint density at radius 3 is 2.31 bits per heavy atom. The van der Waals surface area contributed by atoms with Gasteiger partial charge >= 0.3 is 0 Å². The molecule has 3 aromatic carbocycles. The molecule has 1 fully saturated rings. The van der Waals surface area contributed by atoms with E-state index in [1.54, 1.807) is 4.90 Å². The van der Waals surface area contributed by atoms with Gasteiger partial charge in [-0.2, -0.15) is 0 Å². The van der Waals surface area contributed by atoms with Crippen LogP contribution in [0.3, 0.4) is 0 Å². The van der Waals surface area contributed by atoms with E-state index in [2.05, 4.69) is 13.0 Å². The molecule has 180 valence electrons. The molecular formula is C28H27NO4S2. The second-order valence-electron chi connectivity index (χ2n) is 7.96. The Balaban J connectivity index is 1.44. The number of rotatable bonds is 9. The Morgan fingerprint density at radius 2 is 1.60 bits per heavy atom. The van der Waals surface area contributed by atoms with Crippen molar-refractivity contribution in [2.24, 2.45) is 0 Å². The van der Waals surface area contributed by atoms with E-state index in [-0.39, 0.29) is 5.91 Å². The third-order valence-corrected chi connectivity index (χ3v) is 6.60. The molecule has 1 saturated heterocycles. The number of ether oxygens (including phenoxy) is 3. The van der Waals surface area contributed by atoms with Crippen molar-refractivity contribution in [2.75, 3.05) is 24.7 Å². The lowest BCUT2D eigenvalue weighted by Gasteiger charge is -2.14. The number of hydrogen-bond acceptors (Lipinski definition) is 6. The number of carbonyl (C=O) groups excluding carboxylic acids is 1. The van der Waals surface area contributed by atoms with Crippen LogP contribution in [0.4, 0.5) is 5.69 Å². The summed E-state index contributed by atoms with van der Waals surface area (Å²) in [4.78, 5) is 15.1. The molecule has 1 aliphatic heterocycles. The first kappa shape index (κ1) is 24.8. The van der Waals surface area contributed by atoms with Crippen molar-refractivity contribution in [1.29, 1.82) is 0 Å². The van der Waals surface area contributed by atoms with Crippen molar-refractivity contribution in [3.05, 3.63) is 88.3 Å². The van der Waals surface area contributed by atoms with Gasteiger partial charge in [-0.1, -0.05) is 65.9 Å². The minimum absolute atomic E-state index is 0.131. The molecule has 0 unspecified atom stereocenters. The monoisotopic (exact) mass is 505 g/mol. The molecule has 0 bridgehead atoms. The molecule has 1 heterocycles. The van der Waals surface area contributed by atoms with Gasteiger partial charge in [-0.15, -0.1) is 0 Å². The largest absolute Gasteiger partial charge is 0.490 e. The topological polar surface area (TPSA) is 48.0 Å². The van der Waals surface area contributed by atoms with Gasteiger partial charge in [-0.3, -0.25) is 9.69 Å². The number of thioether (sulfide) groups is 1. The fourth-order valence-corrected chi connectivity index (χ4v) is 4.98. The first-order valence-corrected chi connectivity index (χ1v) is 12.6. The van der Waals surface area contributed by atoms with Crippen LogP contribution < -0.4 is 19.1 Å². The van der Waals surface area contributed by atoms with Crippen LogP contribution in [0.1, 0.15) is 23.6 Å². The van der Waals surface area contributed by atoms with Gasteiger partial charge in [-0.25, -0.2) is 0 Å². The number of anilines is 1. The molecule has 5 nitrogen and oxygen atoms in total. The summed E-state index contributed by atoms with van der Waals surface area (Å²) < 4.78 is 18.1. The van der Waals surface area contributed by atoms with E-state index in [1.165, 1.54) is 17.3 Å². The van der Waals surface area contributed by atoms with E-state index in [4.69, 9.17) is 26.4 Å². The van der Waals surface area contributed by atoms with Gasteiger partial charge in [0.2, 0.25) is 0 Å². The summed E-state index contributed by atoms with van der Waals surface area (Å²) in [5, 5.41) is 0. The van der Waals surface area contributed by atoms with Crippen molar-refractivity contribution in [2.45, 2.75) is 20.8 Å². The molecule has 0 spiro atoms. The molecular weight excluding hydrogens is 478 g/mol. The average molecular weight is 506 g/mol. The highest BCUT2D eigenvalue weighted by atomic mass is 32.2. The van der Waals surface area contributed by atoms with Crippen LogP contribution in [0.25, 0.3) is 6.08 Å². The molecule has 0 aliphatic carbocycles.